The number of fused-ring (bicyclic) bond motifs is 3. The smallest absolute Gasteiger partial charge is 0.252 e. The second kappa shape index (κ2) is 5.57. The van der Waals surface area contributed by atoms with Crippen LogP contribution in [-0.2, 0) is 14.3 Å². The topological polar surface area (TPSA) is 87.7 Å². The molecule has 5 atom stereocenters. The van der Waals surface area contributed by atoms with Crippen LogP contribution in [0.5, 0.6) is 0 Å². The van der Waals surface area contributed by atoms with Crippen molar-refractivity contribution in [3.05, 3.63) is 34.9 Å². The summed E-state index contributed by atoms with van der Waals surface area (Å²) in [5.41, 5.74) is 2.97. The zero-order valence-corrected chi connectivity index (χ0v) is 13.7. The lowest BCUT2D eigenvalue weighted by atomic mass is 9.62. The average Bonchev–Trinajstić information content (AvgIpc) is 2.55. The predicted molar refractivity (Wildman–Crippen MR) is 86.5 cm³/mol. The number of carbonyl (C=O) groups is 2. The number of allylic oxidation sites excluding steroid dienone is 1. The molecule has 4 aliphatic rings. The maximum atomic E-state index is 12.5. The minimum absolute atomic E-state index is 0.0833. The summed E-state index contributed by atoms with van der Waals surface area (Å²) < 4.78 is 5.82. The number of ether oxygens (including phenoxy) is 1. The molecule has 6 heteroatoms. The molecule has 3 heterocycles. The van der Waals surface area contributed by atoms with Crippen molar-refractivity contribution >= 4 is 11.8 Å². The Hall–Kier alpha value is -1.92. The van der Waals surface area contributed by atoms with Gasteiger partial charge in [-0.3, -0.25) is 9.59 Å². The Morgan fingerprint density at radius 2 is 1.75 bits per heavy atom. The summed E-state index contributed by atoms with van der Waals surface area (Å²) in [6, 6.07) is 0. The van der Waals surface area contributed by atoms with E-state index in [9.17, 15) is 14.7 Å². The highest BCUT2D eigenvalue weighted by Gasteiger charge is 2.51. The van der Waals surface area contributed by atoms with E-state index in [1.165, 1.54) is 0 Å². The minimum atomic E-state index is -1.28. The molecular formula is C18H22N2O4. The number of amides is 2. The SMILES string of the molecule is C=C[C@H]1C2=C(C(=O)NCC2)[C@@H]2O[C@@H](O)C3=C(CCNC3=O)[C@@H]2[C@H]1C. The first-order valence-electron chi connectivity index (χ1n) is 8.53. The van der Waals surface area contributed by atoms with Crippen LogP contribution >= 0.6 is 0 Å². The quantitative estimate of drug-likeness (QED) is 0.608. The molecule has 6 nitrogen and oxygen atoms in total. The van der Waals surface area contributed by atoms with Crippen molar-refractivity contribution in [2.24, 2.45) is 17.8 Å². The van der Waals surface area contributed by atoms with Crippen LogP contribution in [0.4, 0.5) is 0 Å². The number of rotatable bonds is 1. The van der Waals surface area contributed by atoms with E-state index in [1.54, 1.807) is 0 Å². The lowest BCUT2D eigenvalue weighted by Crippen LogP contribution is -2.54. The van der Waals surface area contributed by atoms with Crippen LogP contribution in [0.1, 0.15) is 19.8 Å². The van der Waals surface area contributed by atoms with E-state index >= 15 is 0 Å². The first-order chi connectivity index (χ1) is 11.5. The minimum Gasteiger partial charge on any atom is -0.364 e. The molecule has 0 radical (unpaired) electrons. The van der Waals surface area contributed by atoms with Gasteiger partial charge in [-0.2, -0.15) is 0 Å². The lowest BCUT2D eigenvalue weighted by Gasteiger charge is -2.49. The van der Waals surface area contributed by atoms with Crippen molar-refractivity contribution in [3.8, 4) is 0 Å². The third-order valence-electron chi connectivity index (χ3n) is 5.87. The Kier molecular flexibility index (Phi) is 3.62. The summed E-state index contributed by atoms with van der Waals surface area (Å²) >= 11 is 0. The molecular weight excluding hydrogens is 308 g/mol. The van der Waals surface area contributed by atoms with Gasteiger partial charge in [0.1, 0.15) is 0 Å². The molecule has 128 valence electrons. The predicted octanol–water partition coefficient (Wildman–Crippen LogP) is 0.405. The first kappa shape index (κ1) is 15.6. The van der Waals surface area contributed by atoms with Gasteiger partial charge in [0.2, 0.25) is 5.91 Å². The molecule has 1 aliphatic carbocycles. The van der Waals surface area contributed by atoms with E-state index in [0.29, 0.717) is 30.7 Å². The number of aliphatic hydroxyl groups is 1. The van der Waals surface area contributed by atoms with Crippen molar-refractivity contribution in [2.45, 2.75) is 32.2 Å². The Bertz CT molecular complexity index is 693. The summed E-state index contributed by atoms with van der Waals surface area (Å²) in [7, 11) is 0. The van der Waals surface area contributed by atoms with Gasteiger partial charge >= 0.3 is 0 Å². The summed E-state index contributed by atoms with van der Waals surface area (Å²) in [5, 5.41) is 16.0. The van der Waals surface area contributed by atoms with Gasteiger partial charge in [0.05, 0.1) is 11.7 Å². The Morgan fingerprint density at radius 3 is 2.42 bits per heavy atom. The number of nitrogens with one attached hydrogen (secondary N) is 2. The van der Waals surface area contributed by atoms with Crippen molar-refractivity contribution in [1.82, 2.24) is 10.6 Å². The molecule has 0 fully saturated rings. The van der Waals surface area contributed by atoms with Gasteiger partial charge in [0.25, 0.3) is 5.91 Å². The Balaban J connectivity index is 1.89. The number of hydrogen-bond donors (Lipinski definition) is 3. The summed E-state index contributed by atoms with van der Waals surface area (Å²) in [5.74, 6) is -0.218. The van der Waals surface area contributed by atoms with Crippen LogP contribution in [0.15, 0.2) is 34.9 Å². The van der Waals surface area contributed by atoms with Gasteiger partial charge in [-0.05, 0) is 29.9 Å². The van der Waals surface area contributed by atoms with E-state index in [4.69, 9.17) is 4.74 Å². The van der Waals surface area contributed by atoms with Crippen LogP contribution < -0.4 is 10.6 Å². The maximum absolute atomic E-state index is 12.5. The fourth-order valence-electron chi connectivity index (χ4n) is 4.86. The Labute approximate surface area is 140 Å². The molecule has 0 unspecified atom stereocenters. The van der Waals surface area contributed by atoms with Gasteiger partial charge in [-0.15, -0.1) is 6.58 Å². The fraction of sp³-hybridized carbons (Fsp3) is 0.556. The van der Waals surface area contributed by atoms with Crippen molar-refractivity contribution in [3.63, 3.8) is 0 Å². The molecule has 0 spiro atoms. The average molecular weight is 330 g/mol. The molecule has 24 heavy (non-hydrogen) atoms. The second-order valence-electron chi connectivity index (χ2n) is 6.95. The third-order valence-corrected chi connectivity index (χ3v) is 5.87. The number of hydrogen-bond acceptors (Lipinski definition) is 4. The fourth-order valence-corrected chi connectivity index (χ4v) is 4.86. The molecule has 0 bridgehead atoms. The lowest BCUT2D eigenvalue weighted by molar-refractivity contribution is -0.151. The summed E-state index contributed by atoms with van der Waals surface area (Å²) in [4.78, 5) is 24.7. The zero-order valence-electron chi connectivity index (χ0n) is 13.7. The van der Waals surface area contributed by atoms with Gasteiger partial charge in [0, 0.05) is 30.5 Å². The summed E-state index contributed by atoms with van der Waals surface area (Å²) in [6.07, 6.45) is 1.59. The van der Waals surface area contributed by atoms with Crippen LogP contribution in [0.2, 0.25) is 0 Å². The second-order valence-corrected chi connectivity index (χ2v) is 6.95. The molecule has 0 aromatic heterocycles. The summed E-state index contributed by atoms with van der Waals surface area (Å²) in [6.45, 7) is 7.26. The van der Waals surface area contributed by atoms with Crippen LogP contribution in [0.25, 0.3) is 0 Å². The number of carbonyl (C=O) groups excluding carboxylic acids is 2. The molecule has 0 aromatic rings. The standard InChI is InChI=1S/C18H22N2O4/c1-3-9-8(2)12-11-5-7-20-17(22)14(11)18(23)24-15(12)13-10(9)4-6-19-16(13)21/h3,8-9,12,15,18,23H,1,4-7H2,2H3,(H,19,21)(H,20,22)/t8-,9+,12-,15+,18+/m0/s1. The van der Waals surface area contributed by atoms with E-state index in [1.807, 2.05) is 6.08 Å². The highest BCUT2D eigenvalue weighted by molar-refractivity contribution is 5.98. The van der Waals surface area contributed by atoms with Crippen molar-refractivity contribution in [1.29, 1.82) is 0 Å². The van der Waals surface area contributed by atoms with Crippen molar-refractivity contribution < 1.29 is 19.4 Å². The van der Waals surface area contributed by atoms with Crippen LogP contribution in [-0.4, -0.2) is 42.4 Å². The Morgan fingerprint density at radius 1 is 1.12 bits per heavy atom. The van der Waals surface area contributed by atoms with E-state index < -0.39 is 12.4 Å². The van der Waals surface area contributed by atoms with Gasteiger partial charge in [0.15, 0.2) is 6.29 Å². The highest BCUT2D eigenvalue weighted by Crippen LogP contribution is 2.50. The van der Waals surface area contributed by atoms with E-state index in [2.05, 4.69) is 24.1 Å². The zero-order chi connectivity index (χ0) is 17.0. The molecule has 2 amide bonds. The molecule has 3 N–H and O–H groups in total. The molecule has 0 saturated carbocycles. The van der Waals surface area contributed by atoms with Crippen molar-refractivity contribution in [2.75, 3.05) is 13.1 Å². The third kappa shape index (κ3) is 2.03. The number of aliphatic hydroxyl groups excluding tert-OH is 1. The van der Waals surface area contributed by atoms with E-state index in [-0.39, 0.29) is 29.6 Å². The van der Waals surface area contributed by atoms with Crippen LogP contribution in [0, 0.1) is 17.8 Å². The first-order valence-corrected chi connectivity index (χ1v) is 8.53. The van der Waals surface area contributed by atoms with Gasteiger partial charge in [-0.25, -0.2) is 0 Å². The normalized spacial score (nSPS) is 38.7. The van der Waals surface area contributed by atoms with Crippen LogP contribution in [0.3, 0.4) is 0 Å². The van der Waals surface area contributed by atoms with E-state index in [0.717, 1.165) is 17.6 Å². The maximum Gasteiger partial charge on any atom is 0.252 e. The monoisotopic (exact) mass is 330 g/mol. The van der Waals surface area contributed by atoms with Gasteiger partial charge < -0.3 is 20.5 Å². The van der Waals surface area contributed by atoms with Gasteiger partial charge in [-0.1, -0.05) is 13.0 Å². The molecule has 0 aromatic carbocycles. The largest absolute Gasteiger partial charge is 0.364 e. The molecule has 3 aliphatic heterocycles. The molecule has 4 rings (SSSR count). The highest BCUT2D eigenvalue weighted by atomic mass is 16.6. The molecule has 0 saturated heterocycles.